The summed E-state index contributed by atoms with van der Waals surface area (Å²) in [5.74, 6) is 0.686. The van der Waals surface area contributed by atoms with Gasteiger partial charge in [0.2, 0.25) is 0 Å². The van der Waals surface area contributed by atoms with Crippen LogP contribution in [0.25, 0.3) is 0 Å². The summed E-state index contributed by atoms with van der Waals surface area (Å²) in [4.78, 5) is 0. The first-order chi connectivity index (χ1) is 17.3. The third-order valence-corrected chi connectivity index (χ3v) is 7.10. The number of benzene rings is 3. The summed E-state index contributed by atoms with van der Waals surface area (Å²) < 4.78 is 12.0. The van der Waals surface area contributed by atoms with E-state index in [4.69, 9.17) is 26.5 Å². The first-order valence-electron chi connectivity index (χ1n) is 12.1. The maximum atomic E-state index is 10.4. The minimum atomic E-state index is -1.06. The molecule has 1 aliphatic heterocycles. The molecule has 36 heavy (non-hydrogen) atoms. The van der Waals surface area contributed by atoms with Gasteiger partial charge < -0.3 is 30.2 Å². The number of halogens is 1. The zero-order chi connectivity index (χ0) is 25.7. The van der Waals surface area contributed by atoms with Gasteiger partial charge >= 0.3 is 0 Å². The maximum absolute atomic E-state index is 10.4. The maximum Gasteiger partial charge on any atom is 0.130 e. The molecule has 3 aromatic carbocycles. The van der Waals surface area contributed by atoms with E-state index < -0.39 is 23.9 Å². The summed E-state index contributed by atoms with van der Waals surface area (Å²) in [6.45, 7) is 1.76. The lowest BCUT2D eigenvalue weighted by molar-refractivity contribution is -0.227. The van der Waals surface area contributed by atoms with Crippen LogP contribution in [-0.4, -0.2) is 52.1 Å². The Morgan fingerprint density at radius 2 is 1.81 bits per heavy atom. The summed E-state index contributed by atoms with van der Waals surface area (Å²) in [6.07, 6.45) is -1.36. The summed E-state index contributed by atoms with van der Waals surface area (Å²) in [5, 5.41) is 39.1. The highest BCUT2D eigenvalue weighted by Crippen LogP contribution is 2.40. The van der Waals surface area contributed by atoms with Crippen molar-refractivity contribution in [1.82, 2.24) is 0 Å². The van der Waals surface area contributed by atoms with Crippen LogP contribution in [0.5, 0.6) is 5.75 Å². The van der Waals surface area contributed by atoms with E-state index in [-0.39, 0.29) is 26.1 Å². The molecule has 1 fully saturated rings. The Kier molecular flexibility index (Phi) is 8.44. The molecule has 4 atom stereocenters. The first-order valence-corrected chi connectivity index (χ1v) is 12.4. The molecule has 0 aliphatic carbocycles. The molecule has 6 nitrogen and oxygen atoms in total. The molecule has 0 saturated carbocycles. The molecule has 4 N–H and O–H groups in total. The number of ether oxygens (including phenoxy) is 2. The largest absolute Gasteiger partial charge is 0.487 e. The summed E-state index contributed by atoms with van der Waals surface area (Å²) in [6, 6.07) is 22.9. The van der Waals surface area contributed by atoms with Gasteiger partial charge in [-0.1, -0.05) is 66.2 Å². The van der Waals surface area contributed by atoms with Gasteiger partial charge in [0.25, 0.3) is 0 Å². The number of aliphatic hydroxyl groups is 3. The van der Waals surface area contributed by atoms with Crippen molar-refractivity contribution in [2.45, 2.75) is 50.1 Å². The molecule has 4 rings (SSSR count). The molecule has 190 valence electrons. The number of hydrogen-bond acceptors (Lipinski definition) is 6. The Hall–Kier alpha value is -2.74. The van der Waals surface area contributed by atoms with Crippen molar-refractivity contribution in [1.29, 1.82) is 5.41 Å². The Labute approximate surface area is 216 Å². The fraction of sp³-hybridized carbons (Fsp3) is 0.345. The molecule has 1 heterocycles. The lowest BCUT2D eigenvalue weighted by Crippen LogP contribution is -2.54. The van der Waals surface area contributed by atoms with Gasteiger partial charge in [-0.3, -0.25) is 0 Å². The predicted molar refractivity (Wildman–Crippen MR) is 140 cm³/mol. The van der Waals surface area contributed by atoms with Crippen LogP contribution in [0.3, 0.4) is 0 Å². The summed E-state index contributed by atoms with van der Waals surface area (Å²) >= 11 is 6.51. The minimum Gasteiger partial charge on any atom is -0.487 e. The number of aliphatic hydroxyl groups excluding tert-OH is 3. The highest BCUT2D eigenvalue weighted by Gasteiger charge is 2.45. The average molecular weight is 510 g/mol. The van der Waals surface area contributed by atoms with Crippen molar-refractivity contribution >= 4 is 17.3 Å². The van der Waals surface area contributed by atoms with Crippen LogP contribution >= 0.6 is 11.6 Å². The monoisotopic (exact) mass is 509 g/mol. The third kappa shape index (κ3) is 6.14. The van der Waals surface area contributed by atoms with E-state index in [0.29, 0.717) is 22.9 Å². The van der Waals surface area contributed by atoms with Crippen LogP contribution in [0, 0.1) is 5.41 Å². The quantitative estimate of drug-likeness (QED) is 0.313. The van der Waals surface area contributed by atoms with Gasteiger partial charge in [0, 0.05) is 24.5 Å². The molecule has 0 aromatic heterocycles. The van der Waals surface area contributed by atoms with Crippen molar-refractivity contribution in [2.24, 2.45) is 0 Å². The van der Waals surface area contributed by atoms with E-state index in [2.05, 4.69) is 0 Å². The normalized spacial score (nSPS) is 23.9. The van der Waals surface area contributed by atoms with Crippen molar-refractivity contribution in [3.05, 3.63) is 100 Å². The Morgan fingerprint density at radius 1 is 1.08 bits per heavy atom. The smallest absolute Gasteiger partial charge is 0.130 e. The Morgan fingerprint density at radius 3 is 2.50 bits per heavy atom. The topological polar surface area (TPSA) is 103 Å². The van der Waals surface area contributed by atoms with E-state index >= 15 is 0 Å². The van der Waals surface area contributed by atoms with Crippen LogP contribution in [0.15, 0.2) is 72.8 Å². The van der Waals surface area contributed by atoms with E-state index in [1.807, 2.05) is 72.8 Å². The Bertz CT molecular complexity index is 1170. The molecule has 1 saturated heterocycles. The molecule has 4 unspecified atom stereocenters. The van der Waals surface area contributed by atoms with Gasteiger partial charge in [-0.2, -0.15) is 0 Å². The lowest BCUT2D eigenvalue weighted by atomic mass is 9.83. The van der Waals surface area contributed by atoms with Crippen molar-refractivity contribution in [3.8, 4) is 5.75 Å². The molecule has 0 radical (unpaired) electrons. The number of rotatable bonds is 9. The number of nitrogens with one attached hydrogen (secondary N) is 1. The van der Waals surface area contributed by atoms with Crippen LogP contribution in [0.1, 0.15) is 48.1 Å². The fourth-order valence-corrected chi connectivity index (χ4v) is 4.75. The highest BCUT2D eigenvalue weighted by molar-refractivity contribution is 6.31. The van der Waals surface area contributed by atoms with Gasteiger partial charge in [-0.05, 0) is 53.8 Å². The zero-order valence-electron chi connectivity index (χ0n) is 20.2. The van der Waals surface area contributed by atoms with E-state index in [9.17, 15) is 15.3 Å². The van der Waals surface area contributed by atoms with E-state index in [1.54, 1.807) is 6.92 Å². The predicted octanol–water partition coefficient (Wildman–Crippen LogP) is 4.70. The summed E-state index contributed by atoms with van der Waals surface area (Å²) in [7, 11) is 0. The number of hydrogen-bond donors (Lipinski definition) is 4. The van der Waals surface area contributed by atoms with Gasteiger partial charge in [0.15, 0.2) is 0 Å². The first kappa shape index (κ1) is 26.3. The van der Waals surface area contributed by atoms with Crippen LogP contribution in [0.2, 0.25) is 5.02 Å². The zero-order valence-corrected chi connectivity index (χ0v) is 21.0. The third-order valence-electron chi connectivity index (χ3n) is 6.73. The molecule has 0 spiro atoms. The SMILES string of the molecule is CC1(CCO)OC(c2ccc(Cl)c(Cc3ccc(OCC(=N)c4ccccc4)cc3)c2)CC(O)C1O. The van der Waals surface area contributed by atoms with Gasteiger partial charge in [-0.15, -0.1) is 0 Å². The van der Waals surface area contributed by atoms with Gasteiger partial charge in [-0.25, -0.2) is 0 Å². The van der Waals surface area contributed by atoms with Gasteiger partial charge in [0.1, 0.15) is 18.5 Å². The average Bonchev–Trinajstić information content (AvgIpc) is 2.88. The standard InChI is InChI=1S/C29H32ClNO5/c1-29(13-14-32)28(34)26(33)17-27(36-29)21-9-12-24(30)22(16-21)15-19-7-10-23(11-8-19)35-18-25(31)20-5-3-2-4-6-20/h2-12,16,26-28,31-34H,13-15,17-18H2,1H3. The molecule has 0 amide bonds. The van der Waals surface area contributed by atoms with Crippen LogP contribution < -0.4 is 4.74 Å². The highest BCUT2D eigenvalue weighted by atomic mass is 35.5. The second kappa shape index (κ2) is 11.5. The second-order valence-electron chi connectivity index (χ2n) is 9.45. The minimum absolute atomic E-state index is 0.147. The van der Waals surface area contributed by atoms with Crippen molar-refractivity contribution in [2.75, 3.05) is 13.2 Å². The molecule has 0 bridgehead atoms. The van der Waals surface area contributed by atoms with Crippen LogP contribution in [0.4, 0.5) is 0 Å². The Balaban J connectivity index is 1.42. The lowest BCUT2D eigenvalue weighted by Gasteiger charge is -2.45. The fourth-order valence-electron chi connectivity index (χ4n) is 4.56. The van der Waals surface area contributed by atoms with E-state index in [1.165, 1.54) is 0 Å². The second-order valence-corrected chi connectivity index (χ2v) is 9.85. The molecular weight excluding hydrogens is 478 g/mol. The van der Waals surface area contributed by atoms with Gasteiger partial charge in [0.05, 0.1) is 23.5 Å². The molecule has 7 heteroatoms. The summed E-state index contributed by atoms with van der Waals surface area (Å²) in [5.41, 5.74) is 3.05. The van der Waals surface area contributed by atoms with Crippen LogP contribution in [-0.2, 0) is 11.2 Å². The van der Waals surface area contributed by atoms with E-state index in [0.717, 1.165) is 22.3 Å². The van der Waals surface area contributed by atoms with Crippen molar-refractivity contribution < 1.29 is 24.8 Å². The molecular formula is C29H32ClNO5. The molecule has 1 aliphatic rings. The van der Waals surface area contributed by atoms with Crippen molar-refractivity contribution in [3.63, 3.8) is 0 Å². The molecule has 3 aromatic rings.